The standard InChI is InChI=1S/C19H14F4N6O2/c20-12-3-11(19(21,22)23)4-14(5-12)31-15-9-29(10-15)17-8-27-26-7-16(17)18(30)28-13-1-2-24-25-6-13/h1-8,15H,9-10H2,(H,24,28,30). The van der Waals surface area contributed by atoms with Crippen LogP contribution in [0.5, 0.6) is 5.75 Å². The zero-order valence-corrected chi connectivity index (χ0v) is 15.7. The van der Waals surface area contributed by atoms with E-state index in [-0.39, 0.29) is 24.4 Å². The number of alkyl halides is 3. The van der Waals surface area contributed by atoms with Gasteiger partial charge in [0.05, 0.1) is 60.4 Å². The minimum absolute atomic E-state index is 0.215. The number of hydrogen-bond acceptors (Lipinski definition) is 7. The van der Waals surface area contributed by atoms with Crippen molar-refractivity contribution in [3.63, 3.8) is 0 Å². The Morgan fingerprint density at radius 3 is 2.52 bits per heavy atom. The van der Waals surface area contributed by atoms with Gasteiger partial charge in [-0.05, 0) is 18.2 Å². The van der Waals surface area contributed by atoms with Crippen molar-refractivity contribution in [3.05, 3.63) is 66.0 Å². The number of carbonyl (C=O) groups is 1. The van der Waals surface area contributed by atoms with Crippen LogP contribution in [-0.2, 0) is 6.18 Å². The van der Waals surface area contributed by atoms with E-state index in [1.165, 1.54) is 24.8 Å². The first-order valence-corrected chi connectivity index (χ1v) is 8.98. The van der Waals surface area contributed by atoms with E-state index in [1.807, 2.05) is 0 Å². The lowest BCUT2D eigenvalue weighted by Gasteiger charge is -2.41. The quantitative estimate of drug-likeness (QED) is 0.617. The van der Waals surface area contributed by atoms with Crippen LogP contribution in [0.4, 0.5) is 28.9 Å². The van der Waals surface area contributed by atoms with Crippen LogP contribution in [0.25, 0.3) is 0 Å². The predicted octanol–water partition coefficient (Wildman–Crippen LogP) is 2.94. The SMILES string of the molecule is O=C(Nc1ccnnc1)c1cnncc1N1CC(Oc2cc(F)cc(C(F)(F)F)c2)C1. The Kier molecular flexibility index (Phi) is 5.36. The number of aromatic nitrogens is 4. The van der Waals surface area contributed by atoms with E-state index in [4.69, 9.17) is 4.74 Å². The molecule has 31 heavy (non-hydrogen) atoms. The lowest BCUT2D eigenvalue weighted by molar-refractivity contribution is -0.137. The minimum atomic E-state index is -4.68. The maximum Gasteiger partial charge on any atom is 0.416 e. The number of hydrogen-bond donors (Lipinski definition) is 1. The van der Waals surface area contributed by atoms with Crippen molar-refractivity contribution in [2.75, 3.05) is 23.3 Å². The van der Waals surface area contributed by atoms with Crippen LogP contribution in [0, 0.1) is 5.82 Å². The zero-order chi connectivity index (χ0) is 22.0. The first-order valence-electron chi connectivity index (χ1n) is 8.98. The van der Waals surface area contributed by atoms with Crippen molar-refractivity contribution in [1.82, 2.24) is 20.4 Å². The fourth-order valence-electron chi connectivity index (χ4n) is 3.00. The fourth-order valence-corrected chi connectivity index (χ4v) is 3.00. The van der Waals surface area contributed by atoms with Gasteiger partial charge in [0.2, 0.25) is 0 Å². The largest absolute Gasteiger partial charge is 0.487 e. The van der Waals surface area contributed by atoms with Gasteiger partial charge < -0.3 is 15.0 Å². The number of rotatable bonds is 5. The monoisotopic (exact) mass is 434 g/mol. The maximum atomic E-state index is 13.5. The second-order valence-corrected chi connectivity index (χ2v) is 6.69. The van der Waals surface area contributed by atoms with E-state index in [0.717, 1.165) is 12.1 Å². The number of nitrogens with one attached hydrogen (secondary N) is 1. The van der Waals surface area contributed by atoms with Gasteiger partial charge >= 0.3 is 6.18 Å². The Bertz CT molecular complexity index is 1090. The first kappa shape index (κ1) is 20.4. The molecule has 1 fully saturated rings. The zero-order valence-electron chi connectivity index (χ0n) is 15.7. The van der Waals surface area contributed by atoms with Crippen molar-refractivity contribution in [3.8, 4) is 5.75 Å². The summed E-state index contributed by atoms with van der Waals surface area (Å²) in [6.07, 6.45) is 0.344. The van der Waals surface area contributed by atoms with Crippen LogP contribution >= 0.6 is 0 Å². The van der Waals surface area contributed by atoms with E-state index in [0.29, 0.717) is 17.4 Å². The number of halogens is 4. The summed E-state index contributed by atoms with van der Waals surface area (Å²) in [6.45, 7) is 0.529. The van der Waals surface area contributed by atoms with Crippen LogP contribution < -0.4 is 15.0 Å². The highest BCUT2D eigenvalue weighted by atomic mass is 19.4. The molecule has 0 bridgehead atoms. The Balaban J connectivity index is 1.43. The van der Waals surface area contributed by atoms with E-state index < -0.39 is 29.6 Å². The number of benzene rings is 1. The molecule has 1 saturated heterocycles. The van der Waals surface area contributed by atoms with Crippen LogP contribution in [0.1, 0.15) is 15.9 Å². The summed E-state index contributed by atoms with van der Waals surface area (Å²) in [7, 11) is 0. The summed E-state index contributed by atoms with van der Waals surface area (Å²) in [4.78, 5) is 14.3. The van der Waals surface area contributed by atoms with Gasteiger partial charge in [0.1, 0.15) is 17.7 Å². The first-order chi connectivity index (χ1) is 14.8. The summed E-state index contributed by atoms with van der Waals surface area (Å²) >= 11 is 0. The molecular weight excluding hydrogens is 420 g/mol. The lowest BCUT2D eigenvalue weighted by Crippen LogP contribution is -2.54. The normalized spacial score (nSPS) is 14.1. The van der Waals surface area contributed by atoms with Crippen LogP contribution in [-0.4, -0.2) is 45.5 Å². The fraction of sp³-hybridized carbons (Fsp3) is 0.211. The van der Waals surface area contributed by atoms with Gasteiger partial charge in [0.15, 0.2) is 0 Å². The van der Waals surface area contributed by atoms with Gasteiger partial charge in [-0.25, -0.2) is 4.39 Å². The molecule has 8 nitrogen and oxygen atoms in total. The number of nitrogens with zero attached hydrogens (tertiary/aromatic N) is 5. The number of amides is 1. The molecule has 0 aliphatic carbocycles. The Hall–Kier alpha value is -3.83. The summed E-state index contributed by atoms with van der Waals surface area (Å²) in [5.41, 5.74) is 0.0423. The van der Waals surface area contributed by atoms with Crippen LogP contribution in [0.15, 0.2) is 49.1 Å². The predicted molar refractivity (Wildman–Crippen MR) is 100 cm³/mol. The van der Waals surface area contributed by atoms with Crippen molar-refractivity contribution in [2.24, 2.45) is 0 Å². The second kappa shape index (κ2) is 8.13. The molecule has 1 N–H and O–H groups in total. The van der Waals surface area contributed by atoms with E-state index >= 15 is 0 Å². The topological polar surface area (TPSA) is 93.1 Å². The molecule has 0 radical (unpaired) electrons. The molecule has 1 aliphatic rings. The van der Waals surface area contributed by atoms with Gasteiger partial charge in [-0.2, -0.15) is 33.6 Å². The molecule has 1 aliphatic heterocycles. The minimum Gasteiger partial charge on any atom is -0.487 e. The Morgan fingerprint density at radius 1 is 1.06 bits per heavy atom. The molecule has 4 rings (SSSR count). The molecule has 1 aromatic carbocycles. The summed E-state index contributed by atoms with van der Waals surface area (Å²) in [5.74, 6) is -1.70. The van der Waals surface area contributed by atoms with Crippen LogP contribution in [0.2, 0.25) is 0 Å². The molecule has 1 amide bonds. The highest BCUT2D eigenvalue weighted by Gasteiger charge is 2.34. The van der Waals surface area contributed by atoms with Gasteiger partial charge in [-0.1, -0.05) is 0 Å². The molecule has 0 saturated carbocycles. The highest BCUT2D eigenvalue weighted by molar-refractivity contribution is 6.07. The number of anilines is 2. The third-order valence-electron chi connectivity index (χ3n) is 4.49. The van der Waals surface area contributed by atoms with E-state index in [2.05, 4.69) is 25.7 Å². The number of carbonyl (C=O) groups excluding carboxylic acids is 1. The Morgan fingerprint density at radius 2 is 1.81 bits per heavy atom. The van der Waals surface area contributed by atoms with Gasteiger partial charge in [-0.3, -0.25) is 4.79 Å². The number of ether oxygens (including phenoxy) is 1. The van der Waals surface area contributed by atoms with Crippen molar-refractivity contribution in [2.45, 2.75) is 12.3 Å². The average molecular weight is 434 g/mol. The van der Waals surface area contributed by atoms with E-state index in [1.54, 1.807) is 11.0 Å². The summed E-state index contributed by atoms with van der Waals surface area (Å²) in [5, 5.41) is 17.5. The summed E-state index contributed by atoms with van der Waals surface area (Å²) in [6, 6.07) is 3.63. The van der Waals surface area contributed by atoms with Gasteiger partial charge in [-0.15, -0.1) is 0 Å². The maximum absolute atomic E-state index is 13.5. The molecule has 0 atom stereocenters. The highest BCUT2D eigenvalue weighted by Crippen LogP contribution is 2.33. The van der Waals surface area contributed by atoms with Gasteiger partial charge in [0, 0.05) is 6.07 Å². The molecule has 160 valence electrons. The molecule has 12 heteroatoms. The molecule has 3 heterocycles. The van der Waals surface area contributed by atoms with Crippen molar-refractivity contribution in [1.29, 1.82) is 0 Å². The van der Waals surface area contributed by atoms with Crippen molar-refractivity contribution < 1.29 is 27.1 Å². The summed E-state index contributed by atoms with van der Waals surface area (Å²) < 4.78 is 57.6. The molecular formula is C19H14F4N6O2. The lowest BCUT2D eigenvalue weighted by atomic mass is 10.1. The molecule has 0 spiro atoms. The van der Waals surface area contributed by atoms with E-state index in [9.17, 15) is 22.4 Å². The second-order valence-electron chi connectivity index (χ2n) is 6.69. The molecule has 3 aromatic rings. The smallest absolute Gasteiger partial charge is 0.416 e. The third kappa shape index (κ3) is 4.68. The average Bonchev–Trinajstić information content (AvgIpc) is 2.70. The molecule has 0 unspecified atom stereocenters. The third-order valence-corrected chi connectivity index (χ3v) is 4.49. The van der Waals surface area contributed by atoms with Gasteiger partial charge in [0.25, 0.3) is 5.91 Å². The van der Waals surface area contributed by atoms with Crippen LogP contribution in [0.3, 0.4) is 0 Å². The molecule has 2 aromatic heterocycles. The Labute approximate surface area is 172 Å². The van der Waals surface area contributed by atoms with Crippen molar-refractivity contribution >= 4 is 17.3 Å².